The smallest absolute Gasteiger partial charge is 0.192 e. The van der Waals surface area contributed by atoms with Gasteiger partial charge in [0.15, 0.2) is 8.32 Å². The predicted octanol–water partition coefficient (Wildman–Crippen LogP) is 5.11. The molecule has 0 unspecified atom stereocenters. The standard InChI is InChI=1S/C18H33ClO2Si/c1-8-10-11-12-13-14-15(19)17(16(20)9-2)21-22(6,7)18(3,4)5/h2,8,15-17,20H,1,10-14H2,3-7H3/t15-,16-,17-/m0/s1. The van der Waals surface area contributed by atoms with Gasteiger partial charge >= 0.3 is 0 Å². The van der Waals surface area contributed by atoms with Crippen LogP contribution in [0.5, 0.6) is 0 Å². The number of hydrogen-bond donors (Lipinski definition) is 1. The van der Waals surface area contributed by atoms with Crippen molar-refractivity contribution in [3.05, 3.63) is 12.7 Å². The molecule has 0 radical (unpaired) electrons. The number of allylic oxidation sites excluding steroid dienone is 1. The Bertz CT molecular complexity index is 368. The molecule has 0 heterocycles. The van der Waals surface area contributed by atoms with E-state index in [4.69, 9.17) is 22.5 Å². The van der Waals surface area contributed by atoms with Gasteiger partial charge in [0.2, 0.25) is 0 Å². The summed E-state index contributed by atoms with van der Waals surface area (Å²) in [6.07, 6.45) is 11.0. The zero-order valence-electron chi connectivity index (χ0n) is 14.9. The molecule has 0 aromatic heterocycles. The molecule has 0 saturated carbocycles. The van der Waals surface area contributed by atoms with Gasteiger partial charge in [-0.15, -0.1) is 24.6 Å². The van der Waals surface area contributed by atoms with Crippen LogP contribution in [0, 0.1) is 12.3 Å². The maximum absolute atomic E-state index is 10.1. The van der Waals surface area contributed by atoms with Gasteiger partial charge in [-0.1, -0.05) is 45.6 Å². The van der Waals surface area contributed by atoms with E-state index in [2.05, 4.69) is 46.4 Å². The van der Waals surface area contributed by atoms with Crippen molar-refractivity contribution < 1.29 is 9.53 Å². The van der Waals surface area contributed by atoms with E-state index in [0.717, 1.165) is 32.1 Å². The van der Waals surface area contributed by atoms with Gasteiger partial charge in [0.25, 0.3) is 0 Å². The first-order valence-electron chi connectivity index (χ1n) is 8.14. The summed E-state index contributed by atoms with van der Waals surface area (Å²) in [6, 6.07) is 0. The second kappa shape index (κ2) is 9.77. The van der Waals surface area contributed by atoms with E-state index >= 15 is 0 Å². The minimum Gasteiger partial charge on any atom is -0.409 e. The number of alkyl halides is 1. The molecular weight excluding hydrogens is 312 g/mol. The van der Waals surface area contributed by atoms with Crippen molar-refractivity contribution in [1.82, 2.24) is 0 Å². The van der Waals surface area contributed by atoms with Gasteiger partial charge in [0, 0.05) is 0 Å². The first-order chi connectivity index (χ1) is 10.1. The van der Waals surface area contributed by atoms with Crippen LogP contribution in [0.2, 0.25) is 18.1 Å². The first-order valence-corrected chi connectivity index (χ1v) is 11.5. The molecular formula is C18H33ClO2Si. The Morgan fingerprint density at radius 2 is 1.91 bits per heavy atom. The summed E-state index contributed by atoms with van der Waals surface area (Å²) in [6.45, 7) is 14.5. The third-order valence-corrected chi connectivity index (χ3v) is 9.40. The van der Waals surface area contributed by atoms with Crippen LogP contribution in [0.1, 0.15) is 52.9 Å². The molecule has 0 bridgehead atoms. The molecule has 0 aliphatic heterocycles. The Balaban J connectivity index is 4.71. The van der Waals surface area contributed by atoms with Crippen molar-refractivity contribution >= 4 is 19.9 Å². The monoisotopic (exact) mass is 344 g/mol. The molecule has 0 spiro atoms. The highest BCUT2D eigenvalue weighted by Gasteiger charge is 2.42. The van der Waals surface area contributed by atoms with Crippen LogP contribution in [-0.4, -0.2) is 31.0 Å². The summed E-state index contributed by atoms with van der Waals surface area (Å²) >= 11 is 6.51. The zero-order valence-corrected chi connectivity index (χ0v) is 16.6. The van der Waals surface area contributed by atoms with Crippen molar-refractivity contribution in [3.8, 4) is 12.3 Å². The Morgan fingerprint density at radius 3 is 2.36 bits per heavy atom. The highest BCUT2D eigenvalue weighted by molar-refractivity contribution is 6.74. The summed E-state index contributed by atoms with van der Waals surface area (Å²) < 4.78 is 6.29. The molecule has 22 heavy (non-hydrogen) atoms. The zero-order chi connectivity index (χ0) is 17.4. The van der Waals surface area contributed by atoms with Gasteiger partial charge in [-0.25, -0.2) is 0 Å². The average Bonchev–Trinajstić information content (AvgIpc) is 2.42. The lowest BCUT2D eigenvalue weighted by atomic mass is 10.0. The second-order valence-corrected chi connectivity index (χ2v) is 12.7. The van der Waals surface area contributed by atoms with E-state index in [1.807, 2.05) is 6.08 Å². The van der Waals surface area contributed by atoms with Crippen LogP contribution in [0.3, 0.4) is 0 Å². The Hall–Kier alpha value is -0.273. The number of halogens is 1. The molecule has 0 aromatic rings. The molecule has 3 atom stereocenters. The number of terminal acetylenes is 1. The predicted molar refractivity (Wildman–Crippen MR) is 99.8 cm³/mol. The average molecular weight is 345 g/mol. The van der Waals surface area contributed by atoms with Gasteiger partial charge < -0.3 is 9.53 Å². The molecule has 0 aromatic carbocycles. The summed E-state index contributed by atoms with van der Waals surface area (Å²) in [5.41, 5.74) is 0. The van der Waals surface area contributed by atoms with Gasteiger partial charge in [0.05, 0.1) is 11.5 Å². The molecule has 0 aliphatic carbocycles. The fourth-order valence-corrected chi connectivity index (χ4v) is 3.67. The van der Waals surface area contributed by atoms with E-state index in [0.29, 0.717) is 0 Å². The Morgan fingerprint density at radius 1 is 1.32 bits per heavy atom. The summed E-state index contributed by atoms with van der Waals surface area (Å²) in [5.74, 6) is 2.39. The molecule has 0 saturated heterocycles. The lowest BCUT2D eigenvalue weighted by molar-refractivity contribution is 0.0577. The van der Waals surface area contributed by atoms with E-state index in [-0.39, 0.29) is 10.4 Å². The number of rotatable bonds is 10. The van der Waals surface area contributed by atoms with Crippen LogP contribution >= 0.6 is 11.6 Å². The van der Waals surface area contributed by atoms with Crippen LogP contribution in [0.15, 0.2) is 12.7 Å². The van der Waals surface area contributed by atoms with E-state index in [9.17, 15) is 5.11 Å². The van der Waals surface area contributed by atoms with Gasteiger partial charge in [-0.05, 0) is 37.4 Å². The fraction of sp³-hybridized carbons (Fsp3) is 0.778. The lowest BCUT2D eigenvalue weighted by Gasteiger charge is -2.41. The number of hydrogen-bond acceptors (Lipinski definition) is 2. The fourth-order valence-electron chi connectivity index (χ4n) is 1.92. The maximum atomic E-state index is 10.1. The molecule has 1 N–H and O–H groups in total. The van der Waals surface area contributed by atoms with Crippen LogP contribution in [0.25, 0.3) is 0 Å². The van der Waals surface area contributed by atoms with Crippen LogP contribution < -0.4 is 0 Å². The first kappa shape index (κ1) is 21.7. The number of aliphatic hydroxyl groups is 1. The minimum atomic E-state index is -2.02. The van der Waals surface area contributed by atoms with Crippen molar-refractivity contribution in [3.63, 3.8) is 0 Å². The quantitative estimate of drug-likeness (QED) is 0.196. The van der Waals surface area contributed by atoms with Crippen LogP contribution in [0.4, 0.5) is 0 Å². The number of unbranched alkanes of at least 4 members (excludes halogenated alkanes) is 3. The highest BCUT2D eigenvalue weighted by atomic mass is 35.5. The van der Waals surface area contributed by atoms with E-state index in [1.54, 1.807) is 0 Å². The molecule has 128 valence electrons. The molecule has 4 heteroatoms. The Kier molecular flexibility index (Phi) is 9.65. The minimum absolute atomic E-state index is 0.0557. The third kappa shape index (κ3) is 7.33. The Labute approximate surface area is 143 Å². The number of aliphatic hydroxyl groups excluding tert-OH is 1. The van der Waals surface area contributed by atoms with Crippen LogP contribution in [-0.2, 0) is 4.43 Å². The van der Waals surface area contributed by atoms with Gasteiger partial charge in [-0.2, -0.15) is 0 Å². The molecule has 0 fully saturated rings. The normalized spacial score (nSPS) is 16.6. The topological polar surface area (TPSA) is 29.5 Å². The van der Waals surface area contributed by atoms with Crippen molar-refractivity contribution in [1.29, 1.82) is 0 Å². The van der Waals surface area contributed by atoms with Gasteiger partial charge in [0.1, 0.15) is 6.10 Å². The molecule has 0 amide bonds. The molecule has 2 nitrogen and oxygen atoms in total. The molecule has 0 rings (SSSR count). The highest BCUT2D eigenvalue weighted by Crippen LogP contribution is 2.38. The van der Waals surface area contributed by atoms with Crippen molar-refractivity contribution in [2.45, 2.75) is 88.6 Å². The maximum Gasteiger partial charge on any atom is 0.192 e. The second-order valence-electron chi connectivity index (χ2n) is 7.40. The van der Waals surface area contributed by atoms with Gasteiger partial charge in [-0.3, -0.25) is 0 Å². The summed E-state index contributed by atoms with van der Waals surface area (Å²) in [5, 5.41) is 9.92. The SMILES string of the molecule is C#C[C@H](O)[C@@H](O[Si](C)(C)C(C)(C)C)[C@@H](Cl)CCCCCC=C. The van der Waals surface area contributed by atoms with Crippen molar-refractivity contribution in [2.24, 2.45) is 0 Å². The lowest BCUT2D eigenvalue weighted by Crippen LogP contribution is -2.49. The molecule has 0 aliphatic rings. The largest absolute Gasteiger partial charge is 0.409 e. The third-order valence-electron chi connectivity index (χ3n) is 4.46. The summed E-state index contributed by atoms with van der Waals surface area (Å²) in [4.78, 5) is 0. The summed E-state index contributed by atoms with van der Waals surface area (Å²) in [7, 11) is -2.02. The van der Waals surface area contributed by atoms with Crippen molar-refractivity contribution in [2.75, 3.05) is 0 Å². The van der Waals surface area contributed by atoms with E-state index < -0.39 is 20.5 Å². The van der Waals surface area contributed by atoms with E-state index in [1.165, 1.54) is 0 Å².